The first-order valence-electron chi connectivity index (χ1n) is 5.51. The molecule has 0 aliphatic carbocycles. The number of nitrogens with zero attached hydrogens (tertiary/aromatic N) is 1. The van der Waals surface area contributed by atoms with Crippen molar-refractivity contribution < 1.29 is 9.90 Å². The summed E-state index contributed by atoms with van der Waals surface area (Å²) in [5.74, 6) is -0.728. The molecular weight excluding hydrogens is 299 g/mol. The molecule has 0 fully saturated rings. The summed E-state index contributed by atoms with van der Waals surface area (Å²) in [4.78, 5) is 12.0. The van der Waals surface area contributed by atoms with Crippen molar-refractivity contribution in [1.82, 2.24) is 0 Å². The van der Waals surface area contributed by atoms with Crippen LogP contribution < -0.4 is 5.32 Å². The molecule has 0 aromatic heterocycles. The third-order valence-electron chi connectivity index (χ3n) is 2.55. The summed E-state index contributed by atoms with van der Waals surface area (Å²) < 4.78 is 0. The van der Waals surface area contributed by atoms with Crippen molar-refractivity contribution >= 4 is 34.8 Å². The topological polar surface area (TPSA) is 73.1 Å². The lowest BCUT2D eigenvalue weighted by atomic mass is 10.1. The maximum absolute atomic E-state index is 12.0. The molecule has 0 radical (unpaired) electrons. The van der Waals surface area contributed by atoms with Gasteiger partial charge in [-0.2, -0.15) is 5.26 Å². The number of benzene rings is 2. The van der Waals surface area contributed by atoms with Gasteiger partial charge in [-0.25, -0.2) is 0 Å². The van der Waals surface area contributed by atoms with E-state index in [9.17, 15) is 9.90 Å². The Morgan fingerprint density at radius 2 is 1.95 bits per heavy atom. The average Bonchev–Trinajstić information content (AvgIpc) is 2.43. The molecule has 0 spiro atoms. The molecule has 0 aliphatic heterocycles. The summed E-state index contributed by atoms with van der Waals surface area (Å²) in [6, 6.07) is 10.6. The Morgan fingerprint density at radius 1 is 1.20 bits per heavy atom. The van der Waals surface area contributed by atoms with E-state index in [1.807, 2.05) is 6.07 Å². The van der Waals surface area contributed by atoms with E-state index < -0.39 is 5.91 Å². The van der Waals surface area contributed by atoms with E-state index in [1.54, 1.807) is 0 Å². The number of halogens is 2. The number of carbonyl (C=O) groups excluding carboxylic acids is 1. The largest absolute Gasteiger partial charge is 0.507 e. The predicted octanol–water partition coefficient (Wildman–Crippen LogP) is 3.82. The van der Waals surface area contributed by atoms with Crippen LogP contribution in [-0.4, -0.2) is 11.0 Å². The van der Waals surface area contributed by atoms with E-state index in [1.165, 1.54) is 36.4 Å². The third-order valence-corrected chi connectivity index (χ3v) is 3.10. The van der Waals surface area contributed by atoms with Crippen LogP contribution in [0.3, 0.4) is 0 Å². The van der Waals surface area contributed by atoms with E-state index in [0.29, 0.717) is 16.3 Å². The summed E-state index contributed by atoms with van der Waals surface area (Å²) in [5, 5.41) is 21.5. The highest BCUT2D eigenvalue weighted by Gasteiger charge is 2.13. The monoisotopic (exact) mass is 306 g/mol. The summed E-state index contributed by atoms with van der Waals surface area (Å²) in [6.45, 7) is 0. The smallest absolute Gasteiger partial charge is 0.259 e. The van der Waals surface area contributed by atoms with Crippen molar-refractivity contribution in [2.75, 3.05) is 5.32 Å². The van der Waals surface area contributed by atoms with Gasteiger partial charge in [-0.1, -0.05) is 23.2 Å². The standard InChI is InChI=1S/C14H8Cl2N2O2/c15-9-2-4-13(19)10(6-9)14(20)18-12-3-1-8(7-17)5-11(12)16/h1-6,19H,(H,18,20). The number of hydrogen-bond acceptors (Lipinski definition) is 3. The fraction of sp³-hybridized carbons (Fsp3) is 0. The van der Waals surface area contributed by atoms with Gasteiger partial charge in [0.1, 0.15) is 5.75 Å². The fourth-order valence-electron chi connectivity index (χ4n) is 1.57. The number of phenols is 1. The normalized spacial score (nSPS) is 9.85. The van der Waals surface area contributed by atoms with Crippen LogP contribution in [0.15, 0.2) is 36.4 Å². The molecule has 0 bridgehead atoms. The van der Waals surface area contributed by atoms with Crippen LogP contribution in [0.4, 0.5) is 5.69 Å². The number of rotatable bonds is 2. The lowest BCUT2D eigenvalue weighted by molar-refractivity contribution is 0.102. The first kappa shape index (κ1) is 14.2. The van der Waals surface area contributed by atoms with E-state index >= 15 is 0 Å². The molecule has 0 atom stereocenters. The van der Waals surface area contributed by atoms with Gasteiger partial charge in [0.25, 0.3) is 5.91 Å². The molecule has 0 unspecified atom stereocenters. The van der Waals surface area contributed by atoms with Crippen LogP contribution in [0.5, 0.6) is 5.75 Å². The Kier molecular flexibility index (Phi) is 4.14. The molecule has 2 aromatic rings. The Morgan fingerprint density at radius 3 is 2.60 bits per heavy atom. The number of nitrogens with one attached hydrogen (secondary N) is 1. The highest BCUT2D eigenvalue weighted by Crippen LogP contribution is 2.26. The molecule has 2 rings (SSSR count). The zero-order chi connectivity index (χ0) is 14.7. The first-order valence-corrected chi connectivity index (χ1v) is 6.26. The van der Waals surface area contributed by atoms with Crippen LogP contribution in [-0.2, 0) is 0 Å². The highest BCUT2D eigenvalue weighted by atomic mass is 35.5. The molecule has 2 N–H and O–H groups in total. The van der Waals surface area contributed by atoms with Gasteiger partial charge < -0.3 is 10.4 Å². The summed E-state index contributed by atoms with van der Waals surface area (Å²) >= 11 is 11.7. The van der Waals surface area contributed by atoms with Crippen molar-refractivity contribution in [2.24, 2.45) is 0 Å². The van der Waals surface area contributed by atoms with Crippen molar-refractivity contribution in [3.8, 4) is 11.8 Å². The van der Waals surface area contributed by atoms with Crippen molar-refractivity contribution in [2.45, 2.75) is 0 Å². The van der Waals surface area contributed by atoms with Crippen molar-refractivity contribution in [3.05, 3.63) is 57.6 Å². The second-order valence-electron chi connectivity index (χ2n) is 3.92. The van der Waals surface area contributed by atoms with Gasteiger partial charge in [-0.15, -0.1) is 0 Å². The molecule has 0 saturated carbocycles. The van der Waals surface area contributed by atoms with Crippen LogP contribution in [0.2, 0.25) is 10.0 Å². The molecule has 1 amide bonds. The Bertz CT molecular complexity index is 724. The molecular formula is C14H8Cl2N2O2. The summed E-state index contributed by atoms with van der Waals surface area (Å²) in [5.41, 5.74) is 0.770. The molecule has 100 valence electrons. The lowest BCUT2D eigenvalue weighted by Crippen LogP contribution is -2.12. The summed E-state index contributed by atoms with van der Waals surface area (Å²) in [7, 11) is 0. The van der Waals surface area contributed by atoms with E-state index in [-0.39, 0.29) is 16.3 Å². The SMILES string of the molecule is N#Cc1ccc(NC(=O)c2cc(Cl)ccc2O)c(Cl)c1. The number of aromatic hydroxyl groups is 1. The number of phenolic OH excluding ortho intramolecular Hbond substituents is 1. The molecule has 0 aliphatic rings. The zero-order valence-corrected chi connectivity index (χ0v) is 11.5. The first-order chi connectivity index (χ1) is 9.51. The Labute approximate surface area is 125 Å². The predicted molar refractivity (Wildman–Crippen MR) is 77.2 cm³/mol. The molecule has 4 nitrogen and oxygen atoms in total. The van der Waals surface area contributed by atoms with Gasteiger partial charge in [0, 0.05) is 5.02 Å². The van der Waals surface area contributed by atoms with Crippen LogP contribution in [0.1, 0.15) is 15.9 Å². The highest BCUT2D eigenvalue weighted by molar-refractivity contribution is 6.34. The third kappa shape index (κ3) is 3.02. The molecule has 20 heavy (non-hydrogen) atoms. The number of nitriles is 1. The molecule has 2 aromatic carbocycles. The minimum absolute atomic E-state index is 0.0397. The number of amides is 1. The maximum atomic E-state index is 12.0. The van der Waals surface area contributed by atoms with Gasteiger partial charge >= 0.3 is 0 Å². The quantitative estimate of drug-likeness (QED) is 0.885. The van der Waals surface area contributed by atoms with Gasteiger partial charge in [-0.3, -0.25) is 4.79 Å². The van der Waals surface area contributed by atoms with E-state index in [4.69, 9.17) is 28.5 Å². The van der Waals surface area contributed by atoms with E-state index in [2.05, 4.69) is 5.32 Å². The molecule has 0 saturated heterocycles. The second kappa shape index (κ2) is 5.83. The Balaban J connectivity index is 2.28. The molecule has 0 heterocycles. The van der Waals surface area contributed by atoms with Gasteiger partial charge in [0.15, 0.2) is 0 Å². The van der Waals surface area contributed by atoms with E-state index in [0.717, 1.165) is 0 Å². The van der Waals surface area contributed by atoms with Crippen LogP contribution >= 0.6 is 23.2 Å². The second-order valence-corrected chi connectivity index (χ2v) is 4.77. The van der Waals surface area contributed by atoms with Gasteiger partial charge in [-0.05, 0) is 36.4 Å². The van der Waals surface area contributed by atoms with Gasteiger partial charge in [0.05, 0.1) is 27.9 Å². The lowest BCUT2D eigenvalue weighted by Gasteiger charge is -2.09. The van der Waals surface area contributed by atoms with Crippen molar-refractivity contribution in [1.29, 1.82) is 5.26 Å². The van der Waals surface area contributed by atoms with Crippen molar-refractivity contribution in [3.63, 3.8) is 0 Å². The van der Waals surface area contributed by atoms with Gasteiger partial charge in [0.2, 0.25) is 0 Å². The zero-order valence-electron chi connectivity index (χ0n) is 10.0. The number of hydrogen-bond donors (Lipinski definition) is 2. The molecule has 6 heteroatoms. The van der Waals surface area contributed by atoms with Crippen LogP contribution in [0, 0.1) is 11.3 Å². The average molecular weight is 307 g/mol. The minimum Gasteiger partial charge on any atom is -0.507 e. The minimum atomic E-state index is -0.545. The number of anilines is 1. The fourth-order valence-corrected chi connectivity index (χ4v) is 1.97. The summed E-state index contributed by atoms with van der Waals surface area (Å²) in [6.07, 6.45) is 0. The number of carbonyl (C=O) groups is 1. The Hall–Kier alpha value is -2.22. The maximum Gasteiger partial charge on any atom is 0.259 e. The van der Waals surface area contributed by atoms with Crippen LogP contribution in [0.25, 0.3) is 0 Å².